The summed E-state index contributed by atoms with van der Waals surface area (Å²) in [5, 5.41) is 2.26. The summed E-state index contributed by atoms with van der Waals surface area (Å²) in [5.41, 5.74) is 6.20. The van der Waals surface area contributed by atoms with E-state index < -0.39 is 5.91 Å². The largest absolute Gasteiger partial charge is 0.482 e. The van der Waals surface area contributed by atoms with Gasteiger partial charge in [-0.25, -0.2) is 0 Å². The van der Waals surface area contributed by atoms with Crippen LogP contribution in [0.4, 0.5) is 0 Å². The quantitative estimate of drug-likeness (QED) is 0.561. The highest BCUT2D eigenvalue weighted by Crippen LogP contribution is 2.16. The van der Waals surface area contributed by atoms with Gasteiger partial charge in [-0.3, -0.25) is 9.59 Å². The molecule has 2 aromatic carbocycles. The van der Waals surface area contributed by atoms with Crippen molar-refractivity contribution >= 4 is 16.7 Å². The summed E-state index contributed by atoms with van der Waals surface area (Å²) >= 11 is 0. The van der Waals surface area contributed by atoms with Gasteiger partial charge in [0.2, 0.25) is 17.1 Å². The van der Waals surface area contributed by atoms with E-state index in [9.17, 15) is 9.59 Å². The lowest BCUT2D eigenvalue weighted by atomic mass is 10.1. The van der Waals surface area contributed by atoms with Crippen LogP contribution in [0.15, 0.2) is 82.5 Å². The molecule has 0 aliphatic rings. The van der Waals surface area contributed by atoms with Crippen LogP contribution >= 0.6 is 0 Å². The summed E-state index contributed by atoms with van der Waals surface area (Å²) in [7, 11) is 0. The zero-order valence-corrected chi connectivity index (χ0v) is 15.0. The molecule has 4 aromatic rings. The minimum atomic E-state index is -0.487. The number of hydrogen-bond donors (Lipinski definition) is 1. The number of carbonyl (C=O) groups excluding carboxylic acids is 1. The van der Waals surface area contributed by atoms with Crippen molar-refractivity contribution in [2.45, 2.75) is 13.2 Å². The van der Waals surface area contributed by atoms with Crippen molar-refractivity contribution in [3.05, 3.63) is 100 Å². The fourth-order valence-corrected chi connectivity index (χ4v) is 2.96. The van der Waals surface area contributed by atoms with Gasteiger partial charge in [0.05, 0.1) is 6.54 Å². The first-order valence-corrected chi connectivity index (χ1v) is 8.76. The first-order valence-electron chi connectivity index (χ1n) is 8.76. The molecule has 1 amide bonds. The van der Waals surface area contributed by atoms with E-state index in [1.807, 2.05) is 41.2 Å². The van der Waals surface area contributed by atoms with Gasteiger partial charge in [-0.05, 0) is 28.5 Å². The second kappa shape index (κ2) is 7.44. The molecule has 0 aliphatic carbocycles. The van der Waals surface area contributed by atoms with Crippen molar-refractivity contribution in [3.63, 3.8) is 0 Å². The first-order chi connectivity index (χ1) is 13.6. The van der Waals surface area contributed by atoms with Gasteiger partial charge in [-0.15, -0.1) is 0 Å². The van der Waals surface area contributed by atoms with Gasteiger partial charge in [0, 0.05) is 24.0 Å². The van der Waals surface area contributed by atoms with Gasteiger partial charge in [-0.1, -0.05) is 36.4 Å². The van der Waals surface area contributed by atoms with Gasteiger partial charge in [0.25, 0.3) is 0 Å². The number of hydrogen-bond acceptors (Lipinski definition) is 4. The predicted octanol–water partition coefficient (Wildman–Crippen LogP) is 3.32. The summed E-state index contributed by atoms with van der Waals surface area (Å²) in [6.07, 6.45) is 5.35. The molecule has 0 bridgehead atoms. The summed E-state index contributed by atoms with van der Waals surface area (Å²) in [6, 6.07) is 16.2. The number of rotatable bonds is 6. The van der Waals surface area contributed by atoms with Crippen LogP contribution in [-0.2, 0) is 13.2 Å². The average molecular weight is 374 g/mol. The summed E-state index contributed by atoms with van der Waals surface area (Å²) in [5.74, 6) is 0.197. The van der Waals surface area contributed by atoms with Crippen molar-refractivity contribution < 1.29 is 13.9 Å². The molecule has 28 heavy (non-hydrogen) atoms. The maximum Gasteiger partial charge on any atom is 0.248 e. The maximum atomic E-state index is 12.3. The highest BCUT2D eigenvalue weighted by atomic mass is 16.5. The summed E-state index contributed by atoms with van der Waals surface area (Å²) in [4.78, 5) is 23.4. The van der Waals surface area contributed by atoms with E-state index in [0.29, 0.717) is 17.9 Å². The fourth-order valence-electron chi connectivity index (χ4n) is 2.96. The van der Waals surface area contributed by atoms with Crippen molar-refractivity contribution in [1.29, 1.82) is 0 Å². The molecule has 0 radical (unpaired) electrons. The van der Waals surface area contributed by atoms with Crippen molar-refractivity contribution in [2.75, 3.05) is 0 Å². The third-order valence-corrected chi connectivity index (χ3v) is 4.43. The van der Waals surface area contributed by atoms with Crippen molar-refractivity contribution in [1.82, 2.24) is 4.57 Å². The first kappa shape index (κ1) is 17.6. The lowest BCUT2D eigenvalue weighted by molar-refractivity contribution is 0.1000. The van der Waals surface area contributed by atoms with Gasteiger partial charge in [0.15, 0.2) is 0 Å². The number of carbonyl (C=O) groups is 1. The Hall–Kier alpha value is -3.80. The summed E-state index contributed by atoms with van der Waals surface area (Å²) < 4.78 is 13.1. The number of ether oxygens (including phenoxy) is 1. The van der Waals surface area contributed by atoms with Crippen LogP contribution in [0.1, 0.15) is 21.7 Å². The second-order valence-corrected chi connectivity index (χ2v) is 6.48. The van der Waals surface area contributed by atoms with E-state index in [0.717, 1.165) is 16.3 Å². The molecule has 0 spiro atoms. The third-order valence-electron chi connectivity index (χ3n) is 4.43. The van der Waals surface area contributed by atoms with Crippen LogP contribution < -0.4 is 15.9 Å². The maximum absolute atomic E-state index is 12.3. The van der Waals surface area contributed by atoms with E-state index in [-0.39, 0.29) is 17.8 Å². The minimum Gasteiger partial charge on any atom is -0.482 e. The van der Waals surface area contributed by atoms with Gasteiger partial charge in [0.1, 0.15) is 18.6 Å². The molecule has 4 rings (SSSR count). The molecule has 0 aliphatic heterocycles. The Morgan fingerprint density at radius 3 is 2.32 bits per heavy atom. The standard InChI is InChI=1S/C22H18N2O4/c23-22(26)16-7-5-15(6-8-16)13-28-21-14-27-19(9-20(21)25)12-24-10-17-3-1-2-4-18(17)11-24/h1-11,14H,12-13H2,(H2,23,26). The molecular weight excluding hydrogens is 356 g/mol. The SMILES string of the molecule is NC(=O)c1ccc(COc2coc(Cn3cc4ccccc4c3)cc2=O)cc1. The highest BCUT2D eigenvalue weighted by molar-refractivity contribution is 5.92. The van der Waals surface area contributed by atoms with Crippen LogP contribution in [0.5, 0.6) is 5.75 Å². The Morgan fingerprint density at radius 1 is 1.04 bits per heavy atom. The van der Waals surface area contributed by atoms with Gasteiger partial charge < -0.3 is 19.5 Å². The topological polar surface area (TPSA) is 87.5 Å². The Bertz CT molecular complexity index is 1160. The molecule has 2 N–H and O–H groups in total. The van der Waals surface area contributed by atoms with Crippen LogP contribution in [0.2, 0.25) is 0 Å². The van der Waals surface area contributed by atoms with Crippen LogP contribution in [0.25, 0.3) is 10.8 Å². The van der Waals surface area contributed by atoms with Gasteiger partial charge in [-0.2, -0.15) is 0 Å². The molecule has 140 valence electrons. The molecule has 6 nitrogen and oxygen atoms in total. The Morgan fingerprint density at radius 2 is 1.71 bits per heavy atom. The molecule has 0 unspecified atom stereocenters. The Labute approximate surface area is 160 Å². The van der Waals surface area contributed by atoms with Gasteiger partial charge >= 0.3 is 0 Å². The number of benzene rings is 2. The molecule has 2 heterocycles. The van der Waals surface area contributed by atoms with E-state index in [1.54, 1.807) is 24.3 Å². The summed E-state index contributed by atoms with van der Waals surface area (Å²) in [6.45, 7) is 0.644. The average Bonchev–Trinajstić information content (AvgIpc) is 3.10. The lowest BCUT2D eigenvalue weighted by Crippen LogP contribution is -2.11. The van der Waals surface area contributed by atoms with Crippen molar-refractivity contribution in [3.8, 4) is 5.75 Å². The molecular formula is C22H18N2O4. The monoisotopic (exact) mass is 374 g/mol. The van der Waals surface area contributed by atoms with Crippen LogP contribution in [0.3, 0.4) is 0 Å². The number of nitrogens with zero attached hydrogens (tertiary/aromatic N) is 1. The lowest BCUT2D eigenvalue weighted by Gasteiger charge is -2.07. The number of nitrogens with two attached hydrogens (primary N) is 1. The van der Waals surface area contributed by atoms with E-state index in [4.69, 9.17) is 14.9 Å². The molecule has 0 saturated heterocycles. The van der Waals surface area contributed by atoms with E-state index in [2.05, 4.69) is 0 Å². The molecule has 2 aromatic heterocycles. The Balaban J connectivity index is 1.43. The van der Waals surface area contributed by atoms with Crippen LogP contribution in [-0.4, -0.2) is 10.5 Å². The van der Waals surface area contributed by atoms with Crippen LogP contribution in [0, 0.1) is 0 Å². The predicted molar refractivity (Wildman–Crippen MR) is 105 cm³/mol. The number of fused-ring (bicyclic) bond motifs is 1. The highest BCUT2D eigenvalue weighted by Gasteiger charge is 2.07. The molecule has 0 fully saturated rings. The smallest absolute Gasteiger partial charge is 0.248 e. The number of aromatic nitrogens is 1. The molecule has 0 atom stereocenters. The molecule has 6 heteroatoms. The number of primary amides is 1. The van der Waals surface area contributed by atoms with E-state index >= 15 is 0 Å². The normalized spacial score (nSPS) is 10.9. The molecule has 0 saturated carbocycles. The second-order valence-electron chi connectivity index (χ2n) is 6.48. The fraction of sp³-hybridized carbons (Fsp3) is 0.0909. The zero-order valence-electron chi connectivity index (χ0n) is 15.0. The minimum absolute atomic E-state index is 0.139. The van der Waals surface area contributed by atoms with E-state index in [1.165, 1.54) is 12.3 Å². The number of amides is 1. The van der Waals surface area contributed by atoms with Crippen molar-refractivity contribution in [2.24, 2.45) is 5.73 Å². The zero-order chi connectivity index (χ0) is 19.5. The third kappa shape index (κ3) is 3.81. The Kier molecular flexibility index (Phi) is 4.68.